The number of nitrogen functional groups attached to an aromatic ring is 1. The molecule has 5 heteroatoms. The molecule has 5 nitrogen and oxygen atoms in total. The minimum Gasteiger partial charge on any atom is -0.393 e. The van der Waals surface area contributed by atoms with Crippen molar-refractivity contribution < 1.29 is 4.92 Å². The summed E-state index contributed by atoms with van der Waals surface area (Å²) in [7, 11) is 0. The Labute approximate surface area is 106 Å². The average Bonchev–Trinajstić information content (AvgIpc) is 2.37. The van der Waals surface area contributed by atoms with Crippen LogP contribution in [-0.2, 0) is 0 Å². The Kier molecular flexibility index (Phi) is 3.82. The molecule has 1 unspecified atom stereocenters. The van der Waals surface area contributed by atoms with Gasteiger partial charge in [-0.15, -0.1) is 0 Å². The van der Waals surface area contributed by atoms with Crippen molar-refractivity contribution in [2.75, 3.05) is 17.6 Å². The highest BCUT2D eigenvalue weighted by Crippen LogP contribution is 2.25. The standard InChI is InChI=1S/C13H17N3O2/c14-12-8-11(6-7-13(12)16(17)18)15-9-10-4-2-1-3-5-10/h1-2,6-8,10,15H,3-5,9,14H2. The maximum atomic E-state index is 10.6. The van der Waals surface area contributed by atoms with E-state index in [4.69, 9.17) is 5.73 Å². The predicted molar refractivity (Wildman–Crippen MR) is 72.5 cm³/mol. The first-order valence-corrected chi connectivity index (χ1v) is 6.09. The molecular weight excluding hydrogens is 230 g/mol. The third-order valence-electron chi connectivity index (χ3n) is 3.20. The number of hydrogen-bond donors (Lipinski definition) is 2. The van der Waals surface area contributed by atoms with E-state index in [0.717, 1.165) is 25.1 Å². The molecule has 0 saturated carbocycles. The Morgan fingerprint density at radius 2 is 2.28 bits per heavy atom. The summed E-state index contributed by atoms with van der Waals surface area (Å²) in [4.78, 5) is 10.2. The van der Waals surface area contributed by atoms with Crippen LogP contribution in [0, 0.1) is 16.0 Å². The van der Waals surface area contributed by atoms with Crippen LogP contribution in [0.1, 0.15) is 19.3 Å². The number of allylic oxidation sites excluding steroid dienone is 2. The second kappa shape index (κ2) is 5.53. The normalized spacial score (nSPS) is 18.6. The van der Waals surface area contributed by atoms with E-state index < -0.39 is 4.92 Å². The fraction of sp³-hybridized carbons (Fsp3) is 0.385. The Hall–Kier alpha value is -2.04. The lowest BCUT2D eigenvalue weighted by atomic mass is 9.94. The number of nitrogens with zero attached hydrogens (tertiary/aromatic N) is 1. The summed E-state index contributed by atoms with van der Waals surface area (Å²) < 4.78 is 0. The molecule has 0 fully saturated rings. The molecule has 1 aliphatic rings. The zero-order valence-electron chi connectivity index (χ0n) is 10.1. The Bertz CT molecular complexity index is 471. The third kappa shape index (κ3) is 3.00. The highest BCUT2D eigenvalue weighted by Gasteiger charge is 2.12. The number of rotatable bonds is 4. The van der Waals surface area contributed by atoms with E-state index in [-0.39, 0.29) is 11.4 Å². The van der Waals surface area contributed by atoms with Gasteiger partial charge in [0.1, 0.15) is 5.69 Å². The number of nitro groups is 1. The van der Waals surface area contributed by atoms with Gasteiger partial charge in [-0.1, -0.05) is 12.2 Å². The maximum absolute atomic E-state index is 10.6. The van der Waals surface area contributed by atoms with Gasteiger partial charge in [0, 0.05) is 18.3 Å². The molecule has 0 radical (unpaired) electrons. The van der Waals surface area contributed by atoms with Crippen molar-refractivity contribution in [2.24, 2.45) is 5.92 Å². The molecule has 96 valence electrons. The first-order valence-electron chi connectivity index (χ1n) is 6.09. The molecule has 0 spiro atoms. The highest BCUT2D eigenvalue weighted by atomic mass is 16.6. The van der Waals surface area contributed by atoms with Gasteiger partial charge in [-0.2, -0.15) is 0 Å². The lowest BCUT2D eigenvalue weighted by Gasteiger charge is -2.18. The molecular formula is C13H17N3O2. The number of hydrogen-bond acceptors (Lipinski definition) is 4. The molecule has 1 aliphatic carbocycles. The fourth-order valence-corrected chi connectivity index (χ4v) is 2.13. The topological polar surface area (TPSA) is 81.2 Å². The van der Waals surface area contributed by atoms with Gasteiger partial charge in [-0.25, -0.2) is 0 Å². The molecule has 1 aromatic rings. The van der Waals surface area contributed by atoms with E-state index in [1.807, 2.05) is 0 Å². The molecule has 0 aromatic heterocycles. The van der Waals surface area contributed by atoms with E-state index >= 15 is 0 Å². The average molecular weight is 247 g/mol. The molecule has 0 heterocycles. The zero-order valence-corrected chi connectivity index (χ0v) is 10.1. The Morgan fingerprint density at radius 3 is 2.89 bits per heavy atom. The van der Waals surface area contributed by atoms with E-state index in [9.17, 15) is 10.1 Å². The van der Waals surface area contributed by atoms with Crippen molar-refractivity contribution in [3.63, 3.8) is 0 Å². The summed E-state index contributed by atoms with van der Waals surface area (Å²) in [5.41, 5.74) is 6.64. The molecule has 3 N–H and O–H groups in total. The first-order chi connectivity index (χ1) is 8.66. The van der Waals surface area contributed by atoms with Gasteiger partial charge in [0.25, 0.3) is 5.69 Å². The van der Waals surface area contributed by atoms with E-state index in [1.54, 1.807) is 12.1 Å². The smallest absolute Gasteiger partial charge is 0.292 e. The second-order valence-electron chi connectivity index (χ2n) is 4.56. The van der Waals surface area contributed by atoms with Gasteiger partial charge < -0.3 is 11.1 Å². The summed E-state index contributed by atoms with van der Waals surface area (Å²) in [6.45, 7) is 0.877. The molecule has 18 heavy (non-hydrogen) atoms. The van der Waals surface area contributed by atoms with Gasteiger partial charge in [0.15, 0.2) is 0 Å². The summed E-state index contributed by atoms with van der Waals surface area (Å²) in [6, 6.07) is 4.77. The van der Waals surface area contributed by atoms with Crippen molar-refractivity contribution in [3.05, 3.63) is 40.5 Å². The maximum Gasteiger partial charge on any atom is 0.292 e. The van der Waals surface area contributed by atoms with Crippen molar-refractivity contribution in [2.45, 2.75) is 19.3 Å². The van der Waals surface area contributed by atoms with Crippen LogP contribution >= 0.6 is 0 Å². The van der Waals surface area contributed by atoms with E-state index in [2.05, 4.69) is 17.5 Å². The minimum absolute atomic E-state index is 0.0406. The van der Waals surface area contributed by atoms with Crippen molar-refractivity contribution in [3.8, 4) is 0 Å². The number of nitrogens with one attached hydrogen (secondary N) is 1. The van der Waals surface area contributed by atoms with Gasteiger partial charge in [0.05, 0.1) is 4.92 Å². The zero-order chi connectivity index (χ0) is 13.0. The monoisotopic (exact) mass is 247 g/mol. The van der Waals surface area contributed by atoms with Crippen LogP contribution in [-0.4, -0.2) is 11.5 Å². The van der Waals surface area contributed by atoms with Crippen LogP contribution in [0.5, 0.6) is 0 Å². The quantitative estimate of drug-likeness (QED) is 0.371. The summed E-state index contributed by atoms with van der Waals surface area (Å²) >= 11 is 0. The van der Waals surface area contributed by atoms with Crippen LogP contribution < -0.4 is 11.1 Å². The van der Waals surface area contributed by atoms with Crippen LogP contribution in [0.2, 0.25) is 0 Å². The van der Waals surface area contributed by atoms with Crippen LogP contribution in [0.4, 0.5) is 17.1 Å². The van der Waals surface area contributed by atoms with Gasteiger partial charge >= 0.3 is 0 Å². The molecule has 0 saturated heterocycles. The number of anilines is 2. The minimum atomic E-state index is -0.467. The van der Waals surface area contributed by atoms with Crippen LogP contribution in [0.3, 0.4) is 0 Å². The molecule has 1 aromatic carbocycles. The third-order valence-corrected chi connectivity index (χ3v) is 3.20. The molecule has 0 bridgehead atoms. The summed E-state index contributed by atoms with van der Waals surface area (Å²) in [5.74, 6) is 0.631. The van der Waals surface area contributed by atoms with Crippen molar-refractivity contribution in [1.29, 1.82) is 0 Å². The van der Waals surface area contributed by atoms with Gasteiger partial charge in [-0.3, -0.25) is 10.1 Å². The Balaban J connectivity index is 1.95. The highest BCUT2D eigenvalue weighted by molar-refractivity contribution is 5.65. The second-order valence-corrected chi connectivity index (χ2v) is 4.56. The first kappa shape index (κ1) is 12.4. The van der Waals surface area contributed by atoms with Crippen LogP contribution in [0.25, 0.3) is 0 Å². The van der Waals surface area contributed by atoms with Gasteiger partial charge in [-0.05, 0) is 37.3 Å². The molecule has 0 amide bonds. The van der Waals surface area contributed by atoms with E-state index in [1.165, 1.54) is 12.5 Å². The number of nitrogens with two attached hydrogens (primary N) is 1. The Morgan fingerprint density at radius 1 is 1.44 bits per heavy atom. The SMILES string of the molecule is Nc1cc(NCC2CC=CCC2)ccc1[N+](=O)[O-]. The number of benzene rings is 1. The van der Waals surface area contributed by atoms with Gasteiger partial charge in [0.2, 0.25) is 0 Å². The summed E-state index contributed by atoms with van der Waals surface area (Å²) in [5, 5.41) is 13.9. The lowest BCUT2D eigenvalue weighted by Crippen LogP contribution is -2.15. The fourth-order valence-electron chi connectivity index (χ4n) is 2.13. The van der Waals surface area contributed by atoms with E-state index in [0.29, 0.717) is 5.92 Å². The predicted octanol–water partition coefficient (Wildman–Crippen LogP) is 2.95. The largest absolute Gasteiger partial charge is 0.393 e. The molecule has 0 aliphatic heterocycles. The lowest BCUT2D eigenvalue weighted by molar-refractivity contribution is -0.383. The molecule has 2 rings (SSSR count). The summed E-state index contributed by atoms with van der Waals surface area (Å²) in [6.07, 6.45) is 7.83. The van der Waals surface area contributed by atoms with Crippen molar-refractivity contribution in [1.82, 2.24) is 0 Å². The molecule has 1 atom stereocenters. The number of nitro benzene ring substituents is 1. The van der Waals surface area contributed by atoms with Crippen LogP contribution in [0.15, 0.2) is 30.4 Å². The van der Waals surface area contributed by atoms with Crippen molar-refractivity contribution >= 4 is 17.1 Å².